The summed E-state index contributed by atoms with van der Waals surface area (Å²) >= 11 is 0. The lowest BCUT2D eigenvalue weighted by molar-refractivity contribution is 0.0597. The Morgan fingerprint density at radius 2 is 1.54 bits per heavy atom. The van der Waals surface area contributed by atoms with E-state index in [0.29, 0.717) is 22.7 Å². The molecule has 0 radical (unpaired) electrons. The van der Waals surface area contributed by atoms with Crippen LogP contribution in [-0.2, 0) is 4.74 Å². The maximum absolute atomic E-state index is 12.9. The minimum Gasteiger partial charge on any atom is -0.507 e. The molecule has 3 aromatic rings. The van der Waals surface area contributed by atoms with E-state index in [1.165, 1.54) is 49.6 Å². The summed E-state index contributed by atoms with van der Waals surface area (Å²) in [5.41, 5.74) is 0.688. The molecule has 0 heterocycles. The van der Waals surface area contributed by atoms with Gasteiger partial charge in [-0.05, 0) is 60.7 Å². The lowest BCUT2D eigenvalue weighted by Gasteiger charge is -2.09. The van der Waals surface area contributed by atoms with Gasteiger partial charge in [0.2, 0.25) is 0 Å². The molecule has 7 heteroatoms. The third-order valence-corrected chi connectivity index (χ3v) is 3.83. The molecule has 142 valence electrons. The molecule has 1 amide bonds. The van der Waals surface area contributed by atoms with Crippen molar-refractivity contribution in [1.29, 1.82) is 0 Å². The van der Waals surface area contributed by atoms with E-state index in [9.17, 15) is 19.1 Å². The molecule has 6 nitrogen and oxygen atoms in total. The highest BCUT2D eigenvalue weighted by Crippen LogP contribution is 2.24. The summed E-state index contributed by atoms with van der Waals surface area (Å²) in [7, 11) is 1.21. The van der Waals surface area contributed by atoms with Crippen molar-refractivity contribution in [2.45, 2.75) is 0 Å². The molecule has 0 unspecified atom stereocenters. The summed E-state index contributed by atoms with van der Waals surface area (Å²) < 4.78 is 23.0. The maximum Gasteiger partial charge on any atom is 0.341 e. The molecule has 0 spiro atoms. The van der Waals surface area contributed by atoms with Gasteiger partial charge in [0.25, 0.3) is 5.91 Å². The lowest BCUT2D eigenvalue weighted by atomic mass is 10.1. The van der Waals surface area contributed by atoms with Gasteiger partial charge in [-0.15, -0.1) is 0 Å². The van der Waals surface area contributed by atoms with Crippen molar-refractivity contribution in [3.63, 3.8) is 0 Å². The van der Waals surface area contributed by atoms with Crippen LogP contribution in [0.2, 0.25) is 0 Å². The average Bonchev–Trinajstić information content (AvgIpc) is 2.70. The average molecular weight is 381 g/mol. The van der Waals surface area contributed by atoms with Gasteiger partial charge in [-0.1, -0.05) is 0 Å². The van der Waals surface area contributed by atoms with Crippen molar-refractivity contribution in [1.82, 2.24) is 0 Å². The van der Waals surface area contributed by atoms with E-state index in [1.54, 1.807) is 24.3 Å². The van der Waals surface area contributed by atoms with Crippen LogP contribution in [-0.4, -0.2) is 24.1 Å². The van der Waals surface area contributed by atoms with Gasteiger partial charge in [-0.25, -0.2) is 9.18 Å². The van der Waals surface area contributed by atoms with E-state index in [1.807, 2.05) is 0 Å². The number of methoxy groups -OCH3 is 1. The van der Waals surface area contributed by atoms with Crippen LogP contribution in [0.25, 0.3) is 0 Å². The number of rotatable bonds is 5. The van der Waals surface area contributed by atoms with Gasteiger partial charge in [0.1, 0.15) is 28.6 Å². The Hall–Kier alpha value is -3.87. The van der Waals surface area contributed by atoms with Gasteiger partial charge in [-0.2, -0.15) is 0 Å². The number of aromatic hydroxyl groups is 1. The van der Waals surface area contributed by atoms with Crippen LogP contribution < -0.4 is 10.1 Å². The highest BCUT2D eigenvalue weighted by Gasteiger charge is 2.13. The number of ether oxygens (including phenoxy) is 2. The Bertz CT molecular complexity index is 1000. The minimum absolute atomic E-state index is 0.00259. The van der Waals surface area contributed by atoms with Crippen LogP contribution in [0.3, 0.4) is 0 Å². The Kier molecular flexibility index (Phi) is 5.55. The van der Waals surface area contributed by atoms with E-state index < -0.39 is 11.9 Å². The molecule has 0 saturated heterocycles. The first kappa shape index (κ1) is 18.9. The zero-order chi connectivity index (χ0) is 20.1. The minimum atomic E-state index is -0.674. The Morgan fingerprint density at radius 3 is 2.11 bits per heavy atom. The molecular weight excluding hydrogens is 365 g/mol. The molecule has 28 heavy (non-hydrogen) atoms. The van der Waals surface area contributed by atoms with Gasteiger partial charge in [0.15, 0.2) is 0 Å². The molecule has 0 aliphatic carbocycles. The molecule has 0 aliphatic rings. The zero-order valence-corrected chi connectivity index (χ0v) is 14.8. The number of carbonyl (C=O) groups is 2. The fraction of sp³-hybridized carbons (Fsp3) is 0.0476. The van der Waals surface area contributed by atoms with Crippen molar-refractivity contribution in [2.24, 2.45) is 0 Å². The smallest absolute Gasteiger partial charge is 0.341 e. The van der Waals surface area contributed by atoms with Crippen molar-refractivity contribution >= 4 is 17.6 Å². The zero-order valence-electron chi connectivity index (χ0n) is 14.8. The third kappa shape index (κ3) is 4.45. The van der Waals surface area contributed by atoms with Crippen molar-refractivity contribution in [3.05, 3.63) is 83.7 Å². The van der Waals surface area contributed by atoms with Crippen molar-refractivity contribution < 1.29 is 28.6 Å². The number of carbonyl (C=O) groups excluding carboxylic acids is 2. The van der Waals surface area contributed by atoms with E-state index in [-0.39, 0.29) is 17.1 Å². The molecule has 3 rings (SSSR count). The van der Waals surface area contributed by atoms with Gasteiger partial charge in [0.05, 0.1) is 7.11 Å². The standard InChI is InChI=1S/C21H16FNO5/c1-27-21(26)18-11-6-15(12-19(18)24)23-20(25)13-2-7-16(8-3-13)28-17-9-4-14(22)5-10-17/h2-12,24H,1H3,(H,23,25). The van der Waals surface area contributed by atoms with E-state index >= 15 is 0 Å². The third-order valence-electron chi connectivity index (χ3n) is 3.83. The predicted molar refractivity (Wildman–Crippen MR) is 100 cm³/mol. The van der Waals surface area contributed by atoms with Crippen LogP contribution in [0.1, 0.15) is 20.7 Å². The number of esters is 1. The molecule has 0 saturated carbocycles. The van der Waals surface area contributed by atoms with Crippen LogP contribution in [0, 0.1) is 5.82 Å². The number of amides is 1. The molecule has 0 atom stereocenters. The van der Waals surface area contributed by atoms with E-state index in [0.717, 1.165) is 0 Å². The molecule has 3 aromatic carbocycles. The van der Waals surface area contributed by atoms with Crippen LogP contribution in [0.15, 0.2) is 66.7 Å². The number of halogens is 1. The highest BCUT2D eigenvalue weighted by atomic mass is 19.1. The van der Waals surface area contributed by atoms with Crippen LogP contribution in [0.5, 0.6) is 17.2 Å². The number of hydrogen-bond donors (Lipinski definition) is 2. The lowest BCUT2D eigenvalue weighted by Crippen LogP contribution is -2.12. The Morgan fingerprint density at radius 1 is 0.929 bits per heavy atom. The first-order chi connectivity index (χ1) is 13.5. The number of hydrogen-bond acceptors (Lipinski definition) is 5. The fourth-order valence-electron chi connectivity index (χ4n) is 2.41. The summed E-state index contributed by atoms with van der Waals surface area (Å²) in [5.74, 6) is -0.772. The summed E-state index contributed by atoms with van der Waals surface area (Å²) in [5, 5.41) is 12.5. The second kappa shape index (κ2) is 8.22. The van der Waals surface area contributed by atoms with Crippen molar-refractivity contribution in [2.75, 3.05) is 12.4 Å². The molecule has 0 bridgehead atoms. The first-order valence-corrected chi connectivity index (χ1v) is 8.22. The number of phenols is 1. The Balaban J connectivity index is 1.67. The predicted octanol–water partition coefficient (Wildman–Crippen LogP) is 4.36. The number of phenolic OH excluding ortho intramolecular Hbond substituents is 1. The SMILES string of the molecule is COC(=O)c1ccc(NC(=O)c2ccc(Oc3ccc(F)cc3)cc2)cc1O. The molecule has 0 aliphatic heterocycles. The maximum atomic E-state index is 12.9. The molecule has 0 aromatic heterocycles. The normalized spacial score (nSPS) is 10.2. The van der Waals surface area contributed by atoms with Gasteiger partial charge in [-0.3, -0.25) is 4.79 Å². The first-order valence-electron chi connectivity index (χ1n) is 8.22. The van der Waals surface area contributed by atoms with Crippen LogP contribution in [0.4, 0.5) is 10.1 Å². The largest absolute Gasteiger partial charge is 0.507 e. The molecule has 0 fully saturated rings. The van der Waals surface area contributed by atoms with Crippen molar-refractivity contribution in [3.8, 4) is 17.2 Å². The van der Waals surface area contributed by atoms with Gasteiger partial charge < -0.3 is 19.9 Å². The highest BCUT2D eigenvalue weighted by molar-refractivity contribution is 6.04. The number of anilines is 1. The number of benzene rings is 3. The molecule has 2 N–H and O–H groups in total. The Labute approximate surface area is 160 Å². The van der Waals surface area contributed by atoms with Gasteiger partial charge in [0, 0.05) is 17.3 Å². The van der Waals surface area contributed by atoms with Gasteiger partial charge >= 0.3 is 5.97 Å². The quantitative estimate of drug-likeness (QED) is 0.642. The number of nitrogens with one attached hydrogen (secondary N) is 1. The summed E-state index contributed by atoms with van der Waals surface area (Å²) in [6.45, 7) is 0. The summed E-state index contributed by atoms with van der Waals surface area (Å²) in [6.07, 6.45) is 0. The van der Waals surface area contributed by atoms with E-state index in [2.05, 4.69) is 10.1 Å². The second-order valence-corrected chi connectivity index (χ2v) is 5.76. The van der Waals surface area contributed by atoms with Crippen LogP contribution >= 0.6 is 0 Å². The fourth-order valence-corrected chi connectivity index (χ4v) is 2.41. The molecular formula is C21H16FNO5. The second-order valence-electron chi connectivity index (χ2n) is 5.76. The van der Waals surface area contributed by atoms with E-state index in [4.69, 9.17) is 4.74 Å². The summed E-state index contributed by atoms with van der Waals surface area (Å²) in [4.78, 5) is 23.8. The summed E-state index contributed by atoms with van der Waals surface area (Å²) in [6, 6.07) is 16.0. The monoisotopic (exact) mass is 381 g/mol. The topological polar surface area (TPSA) is 84.9 Å².